The SMILES string of the molecule is CC(C)(C)OC(=O)NC1CCCC(C([AsH2])C(=O)OCc2ccccc2)C1. The van der Waals surface area contributed by atoms with Crippen LogP contribution in [0.1, 0.15) is 52.0 Å². The third kappa shape index (κ3) is 7.03. The van der Waals surface area contributed by atoms with E-state index >= 15 is 0 Å². The fourth-order valence-electron chi connectivity index (χ4n) is 3.18. The molecule has 1 aliphatic carbocycles. The Kier molecular flexibility index (Phi) is 7.57. The average Bonchev–Trinajstić information content (AvgIpc) is 2.58. The summed E-state index contributed by atoms with van der Waals surface area (Å²) in [4.78, 5) is 24.4. The molecule has 1 N–H and O–H groups in total. The van der Waals surface area contributed by atoms with E-state index in [0.29, 0.717) is 6.61 Å². The summed E-state index contributed by atoms with van der Waals surface area (Å²) in [7, 11) is 0. The van der Waals surface area contributed by atoms with Gasteiger partial charge in [0, 0.05) is 0 Å². The van der Waals surface area contributed by atoms with Gasteiger partial charge in [-0.15, -0.1) is 0 Å². The summed E-state index contributed by atoms with van der Waals surface area (Å²) in [6.45, 7) is 5.86. The van der Waals surface area contributed by atoms with E-state index in [1.165, 1.54) is 16.9 Å². The van der Waals surface area contributed by atoms with E-state index in [9.17, 15) is 9.59 Å². The second-order valence-corrected chi connectivity index (χ2v) is 9.40. The van der Waals surface area contributed by atoms with Crippen LogP contribution in [0.25, 0.3) is 0 Å². The first-order valence-corrected chi connectivity index (χ1v) is 10.6. The molecule has 0 heterocycles. The van der Waals surface area contributed by atoms with Crippen molar-refractivity contribution in [3.63, 3.8) is 0 Å². The standard InChI is InChI=1S/C20H30AsNO4/c1-20(2,3)26-19(24)22-16-11-7-10-15(12-16)17(21)18(23)25-13-14-8-5-4-6-9-14/h4-6,8-9,15-17H,7,10-13,21H2,1-3H3,(H,22,24). The molecule has 0 saturated heterocycles. The van der Waals surface area contributed by atoms with Crippen LogP contribution in [0.5, 0.6) is 0 Å². The van der Waals surface area contributed by atoms with Gasteiger partial charge in [0.25, 0.3) is 0 Å². The fraction of sp³-hybridized carbons (Fsp3) is 0.600. The Balaban J connectivity index is 1.81. The molecule has 4 atom stereocenters. The van der Waals surface area contributed by atoms with Crippen LogP contribution in [0.15, 0.2) is 30.3 Å². The summed E-state index contributed by atoms with van der Waals surface area (Å²) in [6.07, 6.45) is 3.33. The van der Waals surface area contributed by atoms with Crippen LogP contribution in [-0.2, 0) is 20.9 Å². The Morgan fingerprint density at radius 1 is 1.23 bits per heavy atom. The van der Waals surface area contributed by atoms with Crippen molar-refractivity contribution in [1.82, 2.24) is 5.32 Å². The van der Waals surface area contributed by atoms with Gasteiger partial charge in [-0.05, 0) is 0 Å². The molecule has 0 bridgehead atoms. The molecular weight excluding hydrogens is 393 g/mol. The summed E-state index contributed by atoms with van der Waals surface area (Å²) in [5.41, 5.74) is 0.490. The normalized spacial score (nSPS) is 21.5. The zero-order chi connectivity index (χ0) is 19.2. The molecule has 144 valence electrons. The Bertz CT molecular complexity index is 600. The summed E-state index contributed by atoms with van der Waals surface area (Å²) in [5, 5.41) is 2.95. The number of esters is 1. The second-order valence-electron chi connectivity index (χ2n) is 7.89. The maximum absolute atomic E-state index is 12.4. The number of benzene rings is 1. The Hall–Kier alpha value is -1.48. The van der Waals surface area contributed by atoms with Crippen LogP contribution in [0.2, 0.25) is 4.71 Å². The number of hydrogen-bond acceptors (Lipinski definition) is 4. The molecule has 26 heavy (non-hydrogen) atoms. The topological polar surface area (TPSA) is 64.6 Å². The average molecular weight is 423 g/mol. The van der Waals surface area contributed by atoms with Crippen molar-refractivity contribution in [2.45, 2.75) is 69.4 Å². The summed E-state index contributed by atoms with van der Waals surface area (Å²) in [6, 6.07) is 9.77. The van der Waals surface area contributed by atoms with Gasteiger partial charge >= 0.3 is 165 Å². The molecule has 1 aromatic rings. The molecule has 1 fully saturated rings. The van der Waals surface area contributed by atoms with Crippen molar-refractivity contribution in [3.8, 4) is 0 Å². The van der Waals surface area contributed by atoms with Crippen molar-refractivity contribution < 1.29 is 19.1 Å². The minimum absolute atomic E-state index is 0.0590. The second kappa shape index (κ2) is 9.45. The molecule has 0 radical (unpaired) electrons. The zero-order valence-electron chi connectivity index (χ0n) is 15.9. The zero-order valence-corrected chi connectivity index (χ0v) is 18.3. The van der Waals surface area contributed by atoms with Crippen LogP contribution in [-0.4, -0.2) is 40.6 Å². The number of ether oxygens (including phenoxy) is 2. The van der Waals surface area contributed by atoms with Gasteiger partial charge < -0.3 is 0 Å². The fourth-order valence-corrected chi connectivity index (χ4v) is 4.11. The molecule has 1 aromatic carbocycles. The van der Waals surface area contributed by atoms with E-state index in [1.54, 1.807) is 0 Å². The first-order valence-electron chi connectivity index (χ1n) is 9.20. The van der Waals surface area contributed by atoms with Crippen molar-refractivity contribution in [1.29, 1.82) is 0 Å². The monoisotopic (exact) mass is 423 g/mol. The van der Waals surface area contributed by atoms with Crippen LogP contribution in [0, 0.1) is 5.92 Å². The van der Waals surface area contributed by atoms with Crippen LogP contribution in [0.3, 0.4) is 0 Å². The van der Waals surface area contributed by atoms with E-state index < -0.39 is 5.60 Å². The number of carbonyl (C=O) groups is 2. The molecule has 6 heteroatoms. The van der Waals surface area contributed by atoms with E-state index in [2.05, 4.69) is 5.32 Å². The van der Waals surface area contributed by atoms with Gasteiger partial charge in [0.15, 0.2) is 0 Å². The van der Waals surface area contributed by atoms with Crippen molar-refractivity contribution in [3.05, 3.63) is 35.9 Å². The molecule has 4 unspecified atom stereocenters. The molecule has 1 aliphatic rings. The van der Waals surface area contributed by atoms with E-state index in [1.807, 2.05) is 51.1 Å². The number of amides is 1. The number of carbonyl (C=O) groups excluding carboxylic acids is 2. The predicted octanol–water partition coefficient (Wildman–Crippen LogP) is 3.23. The van der Waals surface area contributed by atoms with E-state index in [4.69, 9.17) is 9.47 Å². The molecular formula is C20H30AsNO4. The van der Waals surface area contributed by atoms with Crippen LogP contribution < -0.4 is 5.32 Å². The van der Waals surface area contributed by atoms with E-state index in [0.717, 1.165) is 31.2 Å². The first-order chi connectivity index (χ1) is 12.2. The number of alkyl carbamates (subject to hydrolysis) is 1. The maximum atomic E-state index is 12.4. The van der Waals surface area contributed by atoms with E-state index in [-0.39, 0.29) is 28.7 Å². The molecule has 0 spiro atoms. The summed E-state index contributed by atoms with van der Waals surface area (Å²) in [5.74, 6) is 0.101. The number of rotatable bonds is 5. The minimum atomic E-state index is -0.504. The molecule has 1 amide bonds. The Morgan fingerprint density at radius 3 is 2.58 bits per heavy atom. The van der Waals surface area contributed by atoms with Gasteiger partial charge in [-0.25, -0.2) is 0 Å². The van der Waals surface area contributed by atoms with Gasteiger partial charge in [0.05, 0.1) is 0 Å². The third-order valence-corrected chi connectivity index (χ3v) is 6.15. The van der Waals surface area contributed by atoms with Crippen LogP contribution in [0.4, 0.5) is 4.79 Å². The molecule has 5 nitrogen and oxygen atoms in total. The molecule has 1 saturated carbocycles. The summed E-state index contributed by atoms with van der Waals surface area (Å²) >= 11 is 1.40. The van der Waals surface area contributed by atoms with Gasteiger partial charge in [-0.1, -0.05) is 0 Å². The molecule has 0 aromatic heterocycles. The number of hydrogen-bond donors (Lipinski definition) is 1. The Morgan fingerprint density at radius 2 is 1.92 bits per heavy atom. The first kappa shape index (κ1) is 20.8. The predicted molar refractivity (Wildman–Crippen MR) is 104 cm³/mol. The van der Waals surface area contributed by atoms with Crippen molar-refractivity contribution in [2.24, 2.45) is 5.92 Å². The number of nitrogens with one attached hydrogen (secondary N) is 1. The molecule has 2 rings (SSSR count). The van der Waals surface area contributed by atoms with Gasteiger partial charge in [0.2, 0.25) is 0 Å². The van der Waals surface area contributed by atoms with Crippen molar-refractivity contribution >= 4 is 28.9 Å². The summed E-state index contributed by atoms with van der Waals surface area (Å²) < 4.78 is 10.7. The van der Waals surface area contributed by atoms with Crippen LogP contribution >= 0.6 is 0 Å². The van der Waals surface area contributed by atoms with Gasteiger partial charge in [0.1, 0.15) is 0 Å². The molecule has 0 aliphatic heterocycles. The third-order valence-electron chi connectivity index (χ3n) is 4.44. The van der Waals surface area contributed by atoms with Crippen molar-refractivity contribution in [2.75, 3.05) is 0 Å². The Labute approximate surface area is 164 Å². The quantitative estimate of drug-likeness (QED) is 0.584. The van der Waals surface area contributed by atoms with Gasteiger partial charge in [-0.3, -0.25) is 0 Å². The van der Waals surface area contributed by atoms with Gasteiger partial charge in [-0.2, -0.15) is 0 Å².